The zero-order valence-corrected chi connectivity index (χ0v) is 13.1. The largest absolute Gasteiger partial charge is 0.344 e. The summed E-state index contributed by atoms with van der Waals surface area (Å²) in [6.45, 7) is 0.628. The van der Waals surface area contributed by atoms with Crippen LogP contribution in [-0.2, 0) is 16.1 Å². The Hall–Kier alpha value is -3.03. The first-order valence-electron chi connectivity index (χ1n) is 7.76. The summed E-state index contributed by atoms with van der Waals surface area (Å²) in [5.41, 5.74) is 3.70. The molecule has 2 aromatic rings. The van der Waals surface area contributed by atoms with Crippen molar-refractivity contribution >= 4 is 17.5 Å². The van der Waals surface area contributed by atoms with Crippen molar-refractivity contribution in [2.45, 2.75) is 31.8 Å². The molecule has 0 aliphatic carbocycles. The molecule has 2 heterocycles. The summed E-state index contributed by atoms with van der Waals surface area (Å²) < 4.78 is 1.72. The van der Waals surface area contributed by atoms with E-state index >= 15 is 0 Å². The highest BCUT2D eigenvalue weighted by Gasteiger charge is 2.22. The SMILES string of the molecule is O=C1CCC(C(=O)N[C@@H](CCn2cncn2)c2ccccc2)=NN1. The van der Waals surface area contributed by atoms with E-state index in [1.807, 2.05) is 30.3 Å². The molecule has 0 fully saturated rings. The first kappa shape index (κ1) is 15.9. The van der Waals surface area contributed by atoms with Gasteiger partial charge in [0.05, 0.1) is 6.04 Å². The third kappa shape index (κ3) is 4.03. The minimum Gasteiger partial charge on any atom is -0.344 e. The summed E-state index contributed by atoms with van der Waals surface area (Å²) in [4.78, 5) is 27.5. The fourth-order valence-corrected chi connectivity index (χ4v) is 2.50. The van der Waals surface area contributed by atoms with Crippen LogP contribution in [0.5, 0.6) is 0 Å². The zero-order chi connectivity index (χ0) is 16.8. The number of aromatic nitrogens is 3. The number of aryl methyl sites for hydroxylation is 1. The molecular weight excluding hydrogens is 308 g/mol. The van der Waals surface area contributed by atoms with Crippen molar-refractivity contribution in [2.75, 3.05) is 0 Å². The zero-order valence-electron chi connectivity index (χ0n) is 13.1. The number of amides is 2. The van der Waals surface area contributed by atoms with Crippen molar-refractivity contribution < 1.29 is 9.59 Å². The van der Waals surface area contributed by atoms with Gasteiger partial charge in [0.15, 0.2) is 0 Å². The van der Waals surface area contributed by atoms with Crippen LogP contribution in [0.3, 0.4) is 0 Å². The summed E-state index contributed by atoms with van der Waals surface area (Å²) in [5, 5.41) is 10.9. The number of hydrazone groups is 1. The van der Waals surface area contributed by atoms with Crippen LogP contribution in [0.4, 0.5) is 0 Å². The van der Waals surface area contributed by atoms with Crippen molar-refractivity contribution in [3.63, 3.8) is 0 Å². The van der Waals surface area contributed by atoms with E-state index in [0.717, 1.165) is 5.56 Å². The van der Waals surface area contributed by atoms with Crippen LogP contribution < -0.4 is 10.7 Å². The van der Waals surface area contributed by atoms with Gasteiger partial charge in [-0.05, 0) is 12.0 Å². The van der Waals surface area contributed by atoms with Gasteiger partial charge in [0, 0.05) is 19.4 Å². The second-order valence-corrected chi connectivity index (χ2v) is 5.48. The van der Waals surface area contributed by atoms with Gasteiger partial charge in [0.2, 0.25) is 5.91 Å². The first-order chi connectivity index (χ1) is 11.7. The number of hydrogen-bond acceptors (Lipinski definition) is 5. The Balaban J connectivity index is 1.69. The molecule has 8 heteroatoms. The van der Waals surface area contributed by atoms with E-state index in [1.165, 1.54) is 6.33 Å². The Morgan fingerprint density at radius 3 is 2.79 bits per heavy atom. The Bertz CT molecular complexity index is 726. The van der Waals surface area contributed by atoms with Crippen LogP contribution in [0.25, 0.3) is 0 Å². The summed E-state index contributed by atoms with van der Waals surface area (Å²) in [7, 11) is 0. The highest BCUT2D eigenvalue weighted by atomic mass is 16.2. The van der Waals surface area contributed by atoms with Crippen molar-refractivity contribution in [3.8, 4) is 0 Å². The van der Waals surface area contributed by atoms with Crippen molar-refractivity contribution in [1.82, 2.24) is 25.5 Å². The van der Waals surface area contributed by atoms with Gasteiger partial charge in [-0.1, -0.05) is 30.3 Å². The molecule has 124 valence electrons. The first-order valence-corrected chi connectivity index (χ1v) is 7.76. The van der Waals surface area contributed by atoms with E-state index in [1.54, 1.807) is 11.0 Å². The minimum atomic E-state index is -0.262. The van der Waals surface area contributed by atoms with Gasteiger partial charge in [-0.2, -0.15) is 10.2 Å². The maximum atomic E-state index is 12.4. The lowest BCUT2D eigenvalue weighted by Crippen LogP contribution is -2.39. The second-order valence-electron chi connectivity index (χ2n) is 5.48. The van der Waals surface area contributed by atoms with Crippen molar-refractivity contribution in [1.29, 1.82) is 0 Å². The summed E-state index contributed by atoms with van der Waals surface area (Å²) >= 11 is 0. The highest BCUT2D eigenvalue weighted by molar-refractivity contribution is 6.39. The highest BCUT2D eigenvalue weighted by Crippen LogP contribution is 2.17. The Labute approximate surface area is 139 Å². The molecule has 0 saturated heterocycles. The third-order valence-corrected chi connectivity index (χ3v) is 3.79. The molecule has 1 atom stereocenters. The average molecular weight is 326 g/mol. The molecule has 2 amide bonds. The fraction of sp³-hybridized carbons (Fsp3) is 0.312. The number of nitrogens with zero attached hydrogens (tertiary/aromatic N) is 4. The predicted octanol–water partition coefficient (Wildman–Crippen LogP) is 0.792. The Morgan fingerprint density at radius 2 is 2.12 bits per heavy atom. The van der Waals surface area contributed by atoms with Crippen LogP contribution in [0, 0.1) is 0 Å². The molecule has 0 radical (unpaired) electrons. The topological polar surface area (TPSA) is 101 Å². The molecule has 1 aromatic carbocycles. The quantitative estimate of drug-likeness (QED) is 0.819. The Morgan fingerprint density at radius 1 is 1.29 bits per heavy atom. The predicted molar refractivity (Wildman–Crippen MR) is 86.8 cm³/mol. The molecule has 2 N–H and O–H groups in total. The van der Waals surface area contributed by atoms with Gasteiger partial charge >= 0.3 is 0 Å². The molecule has 0 bridgehead atoms. The molecule has 24 heavy (non-hydrogen) atoms. The lowest BCUT2D eigenvalue weighted by atomic mass is 10.0. The minimum absolute atomic E-state index is 0.169. The third-order valence-electron chi connectivity index (χ3n) is 3.79. The van der Waals surface area contributed by atoms with Crippen LogP contribution in [0.2, 0.25) is 0 Å². The van der Waals surface area contributed by atoms with E-state index in [0.29, 0.717) is 25.1 Å². The standard InChI is InChI=1S/C16H18N6O2/c23-15-7-6-14(20-21-15)16(24)19-13(12-4-2-1-3-5-12)8-9-22-11-17-10-18-22/h1-5,10-11,13H,6-9H2,(H,19,24)(H,21,23)/t13-/m0/s1. The summed E-state index contributed by atoms with van der Waals surface area (Å²) in [6.07, 6.45) is 4.42. The van der Waals surface area contributed by atoms with Crippen LogP contribution in [-0.4, -0.2) is 32.3 Å². The maximum absolute atomic E-state index is 12.4. The van der Waals surface area contributed by atoms with E-state index in [-0.39, 0.29) is 24.3 Å². The molecule has 1 aliphatic rings. The molecule has 0 unspecified atom stereocenters. The lowest BCUT2D eigenvalue weighted by molar-refractivity contribution is -0.121. The number of nitrogens with one attached hydrogen (secondary N) is 2. The van der Waals surface area contributed by atoms with Crippen molar-refractivity contribution in [2.24, 2.45) is 5.10 Å². The lowest BCUT2D eigenvalue weighted by Gasteiger charge is -2.20. The van der Waals surface area contributed by atoms with Gasteiger partial charge in [0.1, 0.15) is 18.4 Å². The number of rotatable bonds is 6. The molecular formula is C16H18N6O2. The molecule has 1 aromatic heterocycles. The average Bonchev–Trinajstić information content (AvgIpc) is 3.13. The van der Waals surface area contributed by atoms with Gasteiger partial charge in [-0.3, -0.25) is 14.3 Å². The second kappa shape index (κ2) is 7.49. The maximum Gasteiger partial charge on any atom is 0.267 e. The van der Waals surface area contributed by atoms with Gasteiger partial charge in [0.25, 0.3) is 5.91 Å². The Kier molecular flexibility index (Phi) is 4.95. The molecule has 3 rings (SSSR count). The smallest absolute Gasteiger partial charge is 0.267 e. The number of carbonyl (C=O) groups excluding carboxylic acids is 2. The molecule has 0 saturated carbocycles. The van der Waals surface area contributed by atoms with E-state index in [9.17, 15) is 9.59 Å². The molecule has 1 aliphatic heterocycles. The molecule has 0 spiro atoms. The fourth-order valence-electron chi connectivity index (χ4n) is 2.50. The number of carbonyl (C=O) groups is 2. The van der Waals surface area contributed by atoms with Gasteiger partial charge in [-0.15, -0.1) is 0 Å². The van der Waals surface area contributed by atoms with Crippen LogP contribution >= 0.6 is 0 Å². The van der Waals surface area contributed by atoms with Gasteiger partial charge in [-0.25, -0.2) is 10.4 Å². The summed E-state index contributed by atoms with van der Waals surface area (Å²) in [6, 6.07) is 9.56. The van der Waals surface area contributed by atoms with E-state index in [4.69, 9.17) is 0 Å². The van der Waals surface area contributed by atoms with Crippen LogP contribution in [0.15, 0.2) is 48.1 Å². The van der Waals surface area contributed by atoms with Crippen molar-refractivity contribution in [3.05, 3.63) is 48.5 Å². The summed E-state index contributed by atoms with van der Waals surface area (Å²) in [5.74, 6) is -0.431. The monoisotopic (exact) mass is 326 g/mol. The molecule has 8 nitrogen and oxygen atoms in total. The number of hydrogen-bond donors (Lipinski definition) is 2. The normalized spacial score (nSPS) is 15.3. The van der Waals surface area contributed by atoms with E-state index in [2.05, 4.69) is 25.9 Å². The van der Waals surface area contributed by atoms with Crippen LogP contribution in [0.1, 0.15) is 30.9 Å². The number of benzene rings is 1. The van der Waals surface area contributed by atoms with E-state index < -0.39 is 0 Å². The van der Waals surface area contributed by atoms with Gasteiger partial charge < -0.3 is 5.32 Å².